The van der Waals surface area contributed by atoms with Crippen LogP contribution in [0.25, 0.3) is 10.8 Å². The van der Waals surface area contributed by atoms with Crippen LogP contribution in [0.2, 0.25) is 0 Å². The van der Waals surface area contributed by atoms with Crippen LogP contribution in [-0.4, -0.2) is 20.1 Å². The molecule has 0 aliphatic heterocycles. The lowest BCUT2D eigenvalue weighted by atomic mass is 10.0. The summed E-state index contributed by atoms with van der Waals surface area (Å²) in [6.45, 7) is 2.34. The van der Waals surface area contributed by atoms with Crippen LogP contribution in [0.5, 0.6) is 0 Å². The van der Waals surface area contributed by atoms with Gasteiger partial charge in [0.2, 0.25) is 0 Å². The summed E-state index contributed by atoms with van der Waals surface area (Å²) < 4.78 is 1.75. The number of fused-ring (bicyclic) bond motifs is 1. The van der Waals surface area contributed by atoms with Crippen LogP contribution in [0.1, 0.15) is 24.3 Å². The molecule has 19 heavy (non-hydrogen) atoms. The number of nitrogens with zero attached hydrogens (tertiary/aromatic N) is 3. The van der Waals surface area contributed by atoms with Gasteiger partial charge in [-0.2, -0.15) is 0 Å². The minimum atomic E-state index is -0.582. The first-order chi connectivity index (χ1) is 9.24. The predicted octanol–water partition coefficient (Wildman–Crippen LogP) is 2.53. The molecular formula is C15H15N3O. The van der Waals surface area contributed by atoms with E-state index in [9.17, 15) is 5.11 Å². The molecule has 0 saturated carbocycles. The largest absolute Gasteiger partial charge is 0.387 e. The molecule has 1 N–H and O–H groups in total. The first-order valence-electron chi connectivity index (χ1n) is 6.29. The Morgan fingerprint density at radius 3 is 2.74 bits per heavy atom. The fraction of sp³-hybridized carbons (Fsp3) is 0.200. The Morgan fingerprint density at radius 2 is 1.95 bits per heavy atom. The standard InChI is InChI=1S/C15H15N3O/c1-11(19)15-10-18(17-16-15)9-13-7-4-6-12-5-2-3-8-14(12)13/h2-8,10-11,19H,9H2,1H3. The van der Waals surface area contributed by atoms with Crippen molar-refractivity contribution >= 4 is 10.8 Å². The average Bonchev–Trinajstić information content (AvgIpc) is 2.88. The summed E-state index contributed by atoms with van der Waals surface area (Å²) in [7, 11) is 0. The van der Waals surface area contributed by atoms with Gasteiger partial charge in [0.25, 0.3) is 0 Å². The normalized spacial score (nSPS) is 12.7. The quantitative estimate of drug-likeness (QED) is 0.780. The highest BCUT2D eigenvalue weighted by Crippen LogP contribution is 2.19. The SMILES string of the molecule is CC(O)c1cn(Cc2cccc3ccccc23)nn1. The summed E-state index contributed by atoms with van der Waals surface area (Å²) in [5.41, 5.74) is 1.79. The summed E-state index contributed by atoms with van der Waals surface area (Å²) >= 11 is 0. The smallest absolute Gasteiger partial charge is 0.111 e. The highest BCUT2D eigenvalue weighted by Gasteiger charge is 2.07. The third-order valence-electron chi connectivity index (χ3n) is 3.20. The van der Waals surface area contributed by atoms with Crippen molar-refractivity contribution < 1.29 is 5.11 Å². The third-order valence-corrected chi connectivity index (χ3v) is 3.20. The van der Waals surface area contributed by atoms with Crippen molar-refractivity contribution in [1.29, 1.82) is 0 Å². The molecule has 4 heteroatoms. The van der Waals surface area contributed by atoms with Gasteiger partial charge < -0.3 is 5.11 Å². The first-order valence-corrected chi connectivity index (χ1v) is 6.29. The summed E-state index contributed by atoms with van der Waals surface area (Å²) in [6, 6.07) is 14.5. The number of benzene rings is 2. The van der Waals surface area contributed by atoms with E-state index in [4.69, 9.17) is 0 Å². The van der Waals surface area contributed by atoms with E-state index in [0.29, 0.717) is 12.2 Å². The van der Waals surface area contributed by atoms with Crippen LogP contribution >= 0.6 is 0 Å². The molecule has 0 fully saturated rings. The van der Waals surface area contributed by atoms with Gasteiger partial charge in [0.1, 0.15) is 5.69 Å². The van der Waals surface area contributed by atoms with Gasteiger partial charge in [-0.1, -0.05) is 47.7 Å². The van der Waals surface area contributed by atoms with Crippen molar-refractivity contribution in [3.8, 4) is 0 Å². The fourth-order valence-corrected chi connectivity index (χ4v) is 2.19. The van der Waals surface area contributed by atoms with Crippen LogP contribution in [0, 0.1) is 0 Å². The molecule has 0 spiro atoms. The van der Waals surface area contributed by atoms with E-state index in [-0.39, 0.29) is 0 Å². The van der Waals surface area contributed by atoms with E-state index in [1.54, 1.807) is 17.8 Å². The Hall–Kier alpha value is -2.20. The van der Waals surface area contributed by atoms with Gasteiger partial charge in [-0.15, -0.1) is 5.10 Å². The van der Waals surface area contributed by atoms with Crippen LogP contribution < -0.4 is 0 Å². The molecule has 0 saturated heterocycles. The van der Waals surface area contributed by atoms with Crippen molar-refractivity contribution in [3.63, 3.8) is 0 Å². The molecule has 3 aromatic rings. The average molecular weight is 253 g/mol. The van der Waals surface area contributed by atoms with Crippen LogP contribution in [-0.2, 0) is 6.54 Å². The van der Waals surface area contributed by atoms with Crippen LogP contribution in [0.15, 0.2) is 48.7 Å². The molecule has 0 amide bonds. The van der Waals surface area contributed by atoms with Gasteiger partial charge in [0, 0.05) is 0 Å². The van der Waals surface area contributed by atoms with Crippen molar-refractivity contribution in [2.45, 2.75) is 19.6 Å². The Morgan fingerprint density at radius 1 is 1.16 bits per heavy atom. The number of hydrogen-bond donors (Lipinski definition) is 1. The summed E-state index contributed by atoms with van der Waals surface area (Å²) in [4.78, 5) is 0. The zero-order valence-electron chi connectivity index (χ0n) is 10.7. The molecule has 0 bridgehead atoms. The topological polar surface area (TPSA) is 50.9 Å². The highest BCUT2D eigenvalue weighted by molar-refractivity contribution is 5.85. The van der Waals surface area contributed by atoms with Crippen LogP contribution in [0.3, 0.4) is 0 Å². The molecule has 1 atom stereocenters. The maximum absolute atomic E-state index is 9.46. The Labute approximate surface area is 111 Å². The molecule has 0 aliphatic rings. The zero-order chi connectivity index (χ0) is 13.2. The van der Waals surface area contributed by atoms with Crippen molar-refractivity contribution in [1.82, 2.24) is 15.0 Å². The lowest BCUT2D eigenvalue weighted by molar-refractivity contribution is 0.194. The van der Waals surface area contributed by atoms with Gasteiger partial charge in [0.15, 0.2) is 0 Å². The van der Waals surface area contributed by atoms with Gasteiger partial charge in [-0.05, 0) is 23.3 Å². The Balaban J connectivity index is 1.96. The second-order valence-electron chi connectivity index (χ2n) is 4.66. The highest BCUT2D eigenvalue weighted by atomic mass is 16.3. The summed E-state index contributed by atoms with van der Waals surface area (Å²) in [5.74, 6) is 0. The molecule has 2 aromatic carbocycles. The van der Waals surface area contributed by atoms with Gasteiger partial charge in [-0.25, -0.2) is 4.68 Å². The van der Waals surface area contributed by atoms with E-state index in [1.807, 2.05) is 18.2 Å². The van der Waals surface area contributed by atoms with Crippen molar-refractivity contribution in [2.24, 2.45) is 0 Å². The molecule has 0 radical (unpaired) electrons. The first kappa shape index (κ1) is 11.9. The van der Waals surface area contributed by atoms with Gasteiger partial charge >= 0.3 is 0 Å². The second kappa shape index (κ2) is 4.82. The van der Waals surface area contributed by atoms with Gasteiger partial charge in [-0.3, -0.25) is 0 Å². The molecule has 0 aliphatic carbocycles. The van der Waals surface area contributed by atoms with Crippen molar-refractivity contribution in [2.75, 3.05) is 0 Å². The number of aliphatic hydroxyl groups excluding tert-OH is 1. The number of hydrogen-bond acceptors (Lipinski definition) is 3. The minimum absolute atomic E-state index is 0.582. The fourth-order valence-electron chi connectivity index (χ4n) is 2.19. The second-order valence-corrected chi connectivity index (χ2v) is 4.66. The van der Waals surface area contributed by atoms with E-state index >= 15 is 0 Å². The zero-order valence-corrected chi connectivity index (χ0v) is 10.7. The molecule has 96 valence electrons. The Kier molecular flexibility index (Phi) is 3.01. The third kappa shape index (κ3) is 2.35. The monoisotopic (exact) mass is 253 g/mol. The lowest BCUT2D eigenvalue weighted by Crippen LogP contribution is -2.01. The number of aliphatic hydroxyl groups is 1. The van der Waals surface area contributed by atoms with Gasteiger partial charge in [0.05, 0.1) is 18.8 Å². The molecular weight excluding hydrogens is 238 g/mol. The minimum Gasteiger partial charge on any atom is -0.387 e. The van der Waals surface area contributed by atoms with E-state index < -0.39 is 6.10 Å². The number of rotatable bonds is 3. The molecule has 4 nitrogen and oxygen atoms in total. The lowest BCUT2D eigenvalue weighted by Gasteiger charge is -2.06. The van der Waals surface area contributed by atoms with E-state index in [0.717, 1.165) is 0 Å². The molecule has 1 heterocycles. The predicted molar refractivity (Wildman–Crippen MR) is 73.7 cm³/mol. The van der Waals surface area contributed by atoms with E-state index in [2.05, 4.69) is 34.6 Å². The molecule has 1 aromatic heterocycles. The van der Waals surface area contributed by atoms with E-state index in [1.165, 1.54) is 16.3 Å². The summed E-state index contributed by atoms with van der Waals surface area (Å²) in [5, 5.41) is 19.9. The summed E-state index contributed by atoms with van der Waals surface area (Å²) in [6.07, 6.45) is 1.20. The maximum Gasteiger partial charge on any atom is 0.111 e. The Bertz CT molecular complexity index is 698. The molecule has 3 rings (SSSR count). The maximum atomic E-state index is 9.46. The number of aromatic nitrogens is 3. The van der Waals surface area contributed by atoms with Crippen LogP contribution in [0.4, 0.5) is 0 Å². The van der Waals surface area contributed by atoms with Crippen molar-refractivity contribution in [3.05, 3.63) is 59.9 Å². The molecule has 1 unspecified atom stereocenters.